The second kappa shape index (κ2) is 6.82. The molecule has 138 valence electrons. The minimum Gasteiger partial charge on any atom is -0.507 e. The zero-order valence-electron chi connectivity index (χ0n) is 14.6. The van der Waals surface area contributed by atoms with Crippen LogP contribution < -0.4 is 4.74 Å². The van der Waals surface area contributed by atoms with E-state index in [4.69, 9.17) is 16.3 Å². The summed E-state index contributed by atoms with van der Waals surface area (Å²) in [6.07, 6.45) is 0.214. The van der Waals surface area contributed by atoms with Gasteiger partial charge in [-0.2, -0.15) is 0 Å². The molecule has 26 heavy (non-hydrogen) atoms. The Morgan fingerprint density at radius 2 is 1.85 bits per heavy atom. The van der Waals surface area contributed by atoms with Crippen LogP contribution in [0.5, 0.6) is 17.2 Å². The number of carbonyl (C=O) groups is 1. The molecule has 1 unspecified atom stereocenters. The highest BCUT2D eigenvalue weighted by Gasteiger charge is 2.34. The number of ether oxygens (including phenoxy) is 1. The van der Waals surface area contributed by atoms with E-state index in [-0.39, 0.29) is 35.0 Å². The molecule has 0 aromatic heterocycles. The molecule has 0 amide bonds. The fraction of sp³-hybridized carbons (Fsp3) is 0.350. The van der Waals surface area contributed by atoms with Gasteiger partial charge in [0.05, 0.1) is 12.0 Å². The zero-order valence-corrected chi connectivity index (χ0v) is 15.4. The Bertz CT molecular complexity index is 837. The van der Waals surface area contributed by atoms with E-state index in [9.17, 15) is 20.1 Å². The Hall–Kier alpha value is -2.24. The van der Waals surface area contributed by atoms with Gasteiger partial charge in [0.2, 0.25) is 0 Å². The SMILES string of the molecule is CC(C)(O)CCc1c(O)cc(O)c2c1OC(c1ccc(Cl)cc1)CC2=O. The van der Waals surface area contributed by atoms with Crippen LogP contribution in [0.2, 0.25) is 5.02 Å². The van der Waals surface area contributed by atoms with E-state index in [1.807, 2.05) is 0 Å². The normalized spacial score (nSPS) is 16.9. The number of phenolic OH excluding ortho intramolecular Hbond substituents is 2. The van der Waals surface area contributed by atoms with Crippen molar-refractivity contribution in [1.29, 1.82) is 0 Å². The highest BCUT2D eigenvalue weighted by molar-refractivity contribution is 6.30. The van der Waals surface area contributed by atoms with Gasteiger partial charge in [-0.05, 0) is 44.4 Å². The molecular weight excluding hydrogens is 356 g/mol. The fourth-order valence-electron chi connectivity index (χ4n) is 3.06. The first kappa shape index (κ1) is 18.5. The smallest absolute Gasteiger partial charge is 0.174 e. The molecule has 0 saturated heterocycles. The lowest BCUT2D eigenvalue weighted by Gasteiger charge is -2.29. The number of benzene rings is 2. The van der Waals surface area contributed by atoms with Gasteiger partial charge in [-0.15, -0.1) is 0 Å². The summed E-state index contributed by atoms with van der Waals surface area (Å²) in [5.41, 5.74) is 0.334. The third kappa shape index (κ3) is 3.79. The third-order valence-corrected chi connectivity index (χ3v) is 4.73. The van der Waals surface area contributed by atoms with Crippen molar-refractivity contribution in [2.24, 2.45) is 0 Å². The number of fused-ring (bicyclic) bond motifs is 1. The molecule has 0 bridgehead atoms. The second-order valence-electron chi connectivity index (χ2n) is 7.20. The predicted molar refractivity (Wildman–Crippen MR) is 98.2 cm³/mol. The van der Waals surface area contributed by atoms with Crippen LogP contribution >= 0.6 is 11.6 Å². The molecule has 0 radical (unpaired) electrons. The highest BCUT2D eigenvalue weighted by Crippen LogP contribution is 2.46. The third-order valence-electron chi connectivity index (χ3n) is 4.48. The molecule has 0 fully saturated rings. The summed E-state index contributed by atoms with van der Waals surface area (Å²) >= 11 is 5.91. The first-order valence-corrected chi connectivity index (χ1v) is 8.79. The van der Waals surface area contributed by atoms with Crippen LogP contribution in [0.4, 0.5) is 0 Å². The summed E-state index contributed by atoms with van der Waals surface area (Å²) in [6, 6.07) is 8.15. The van der Waals surface area contributed by atoms with E-state index in [2.05, 4.69) is 0 Å². The highest BCUT2D eigenvalue weighted by atomic mass is 35.5. The minimum absolute atomic E-state index is 0.0813. The Morgan fingerprint density at radius 3 is 2.46 bits per heavy atom. The van der Waals surface area contributed by atoms with Gasteiger partial charge in [-0.3, -0.25) is 4.79 Å². The summed E-state index contributed by atoms with van der Waals surface area (Å²) in [6.45, 7) is 3.33. The maximum absolute atomic E-state index is 12.6. The Balaban J connectivity index is 2.02. The van der Waals surface area contributed by atoms with Crippen molar-refractivity contribution in [1.82, 2.24) is 0 Å². The number of Topliss-reactive ketones (excluding diaryl/α,β-unsaturated/α-hetero) is 1. The predicted octanol–water partition coefficient (Wildman–Crippen LogP) is 4.16. The monoisotopic (exact) mass is 376 g/mol. The lowest BCUT2D eigenvalue weighted by molar-refractivity contribution is 0.0706. The van der Waals surface area contributed by atoms with Crippen molar-refractivity contribution < 1.29 is 24.9 Å². The molecule has 2 aromatic carbocycles. The van der Waals surface area contributed by atoms with Gasteiger partial charge in [-0.1, -0.05) is 23.7 Å². The van der Waals surface area contributed by atoms with Gasteiger partial charge >= 0.3 is 0 Å². The average Bonchev–Trinajstić information content (AvgIpc) is 2.53. The first-order valence-electron chi connectivity index (χ1n) is 8.41. The topological polar surface area (TPSA) is 87.0 Å². The van der Waals surface area contributed by atoms with Crippen LogP contribution in [0, 0.1) is 0 Å². The van der Waals surface area contributed by atoms with E-state index in [1.165, 1.54) is 0 Å². The molecule has 2 aromatic rings. The van der Waals surface area contributed by atoms with Gasteiger partial charge < -0.3 is 20.1 Å². The Kier molecular flexibility index (Phi) is 4.86. The lowest BCUT2D eigenvalue weighted by Crippen LogP contribution is -2.23. The maximum Gasteiger partial charge on any atom is 0.174 e. The molecule has 3 N–H and O–H groups in total. The van der Waals surface area contributed by atoms with Gasteiger partial charge in [-0.25, -0.2) is 0 Å². The molecule has 0 aliphatic carbocycles. The maximum atomic E-state index is 12.6. The Morgan fingerprint density at radius 1 is 1.19 bits per heavy atom. The van der Waals surface area contributed by atoms with Crippen molar-refractivity contribution in [3.8, 4) is 17.2 Å². The Labute approximate surface area is 156 Å². The summed E-state index contributed by atoms with van der Waals surface area (Å²) in [5, 5.41) is 31.0. The number of aromatic hydroxyl groups is 2. The second-order valence-corrected chi connectivity index (χ2v) is 7.63. The molecule has 0 spiro atoms. The minimum atomic E-state index is -0.939. The molecule has 0 saturated carbocycles. The first-order chi connectivity index (χ1) is 12.2. The average molecular weight is 377 g/mol. The van der Waals surface area contributed by atoms with Crippen molar-refractivity contribution in [2.45, 2.75) is 44.8 Å². The molecule has 1 aliphatic heterocycles. The molecule has 1 aliphatic rings. The van der Waals surface area contributed by atoms with Crippen molar-refractivity contribution in [3.63, 3.8) is 0 Å². The molecule has 5 nitrogen and oxygen atoms in total. The molecular formula is C20H21ClO5. The molecule has 6 heteroatoms. The van der Waals surface area contributed by atoms with Crippen LogP contribution in [0.25, 0.3) is 0 Å². The summed E-state index contributed by atoms with van der Waals surface area (Å²) in [7, 11) is 0. The number of halogens is 1. The van der Waals surface area contributed by atoms with E-state index < -0.39 is 11.7 Å². The summed E-state index contributed by atoms with van der Waals surface area (Å²) in [4.78, 5) is 12.6. The number of ketones is 1. The number of hydrogen-bond donors (Lipinski definition) is 3. The molecule has 3 rings (SSSR count). The van der Waals surface area contributed by atoms with Gasteiger partial charge in [0.25, 0.3) is 0 Å². The summed E-state index contributed by atoms with van der Waals surface area (Å²) < 4.78 is 6.02. The molecule has 1 atom stereocenters. The van der Waals surface area contributed by atoms with Crippen LogP contribution in [0.1, 0.15) is 54.3 Å². The zero-order chi connectivity index (χ0) is 19.1. The van der Waals surface area contributed by atoms with Crippen LogP contribution in [-0.4, -0.2) is 26.7 Å². The van der Waals surface area contributed by atoms with Crippen molar-refractivity contribution in [3.05, 3.63) is 52.0 Å². The number of carbonyl (C=O) groups excluding carboxylic acids is 1. The summed E-state index contributed by atoms with van der Waals surface area (Å²) in [5.74, 6) is -0.532. The quantitative estimate of drug-likeness (QED) is 0.745. The number of hydrogen-bond acceptors (Lipinski definition) is 5. The van der Waals surface area contributed by atoms with Gasteiger partial charge in [0, 0.05) is 16.7 Å². The largest absolute Gasteiger partial charge is 0.507 e. The van der Waals surface area contributed by atoms with E-state index in [1.54, 1.807) is 38.1 Å². The van der Waals surface area contributed by atoms with E-state index in [0.29, 0.717) is 23.4 Å². The standard InChI is InChI=1S/C20H21ClO5/c1-20(2,25)8-7-13-14(22)9-15(23)18-16(24)10-17(26-19(13)18)11-3-5-12(21)6-4-11/h3-6,9,17,22-23,25H,7-8,10H2,1-2H3. The van der Waals surface area contributed by atoms with E-state index >= 15 is 0 Å². The van der Waals surface area contributed by atoms with Crippen LogP contribution in [0.3, 0.4) is 0 Å². The fourth-order valence-corrected chi connectivity index (χ4v) is 3.19. The van der Waals surface area contributed by atoms with E-state index in [0.717, 1.165) is 11.6 Å². The van der Waals surface area contributed by atoms with Crippen molar-refractivity contribution in [2.75, 3.05) is 0 Å². The van der Waals surface area contributed by atoms with Crippen LogP contribution in [-0.2, 0) is 6.42 Å². The van der Waals surface area contributed by atoms with Crippen molar-refractivity contribution >= 4 is 17.4 Å². The number of rotatable bonds is 4. The lowest BCUT2D eigenvalue weighted by atomic mass is 9.90. The number of aliphatic hydroxyl groups is 1. The molecule has 1 heterocycles. The van der Waals surface area contributed by atoms with Gasteiger partial charge in [0.15, 0.2) is 5.78 Å². The van der Waals surface area contributed by atoms with Crippen LogP contribution in [0.15, 0.2) is 30.3 Å². The number of phenols is 2. The van der Waals surface area contributed by atoms with Gasteiger partial charge in [0.1, 0.15) is 28.9 Å².